The minimum absolute atomic E-state index is 0.154. The molecule has 1 aromatic carbocycles. The Kier molecular flexibility index (Phi) is 7.16. The lowest BCUT2D eigenvalue weighted by molar-refractivity contribution is -0.170. The van der Waals surface area contributed by atoms with E-state index in [4.69, 9.17) is 10.5 Å². The molecule has 0 aliphatic heterocycles. The van der Waals surface area contributed by atoms with Gasteiger partial charge in [-0.25, -0.2) is 4.79 Å². The van der Waals surface area contributed by atoms with Crippen molar-refractivity contribution < 1.29 is 14.6 Å². The molecule has 4 nitrogen and oxygen atoms in total. The average molecular weight is 524 g/mol. The SMILES string of the molecule is Cc1ccc(CCC(C2CC3CCC2C3OC(=O)C(O)(c2cccs2)c2cccs2)C(C)(C)N)cc1. The second-order valence-corrected chi connectivity index (χ2v) is 13.3. The van der Waals surface area contributed by atoms with Gasteiger partial charge in [0.25, 0.3) is 0 Å². The maximum Gasteiger partial charge on any atom is 0.349 e. The molecule has 2 bridgehead atoms. The topological polar surface area (TPSA) is 72.5 Å². The van der Waals surface area contributed by atoms with Crippen LogP contribution in [-0.4, -0.2) is 22.7 Å². The van der Waals surface area contributed by atoms with Crippen molar-refractivity contribution in [3.8, 4) is 0 Å². The molecule has 2 saturated carbocycles. The first-order valence-corrected chi connectivity index (χ1v) is 14.8. The van der Waals surface area contributed by atoms with E-state index in [1.807, 2.05) is 35.0 Å². The molecule has 0 spiro atoms. The monoisotopic (exact) mass is 523 g/mol. The largest absolute Gasteiger partial charge is 0.459 e. The molecule has 0 saturated heterocycles. The summed E-state index contributed by atoms with van der Waals surface area (Å²) < 4.78 is 6.26. The number of aryl methyl sites for hydroxylation is 2. The molecule has 192 valence electrons. The van der Waals surface area contributed by atoms with Crippen molar-refractivity contribution in [2.45, 2.75) is 70.1 Å². The van der Waals surface area contributed by atoms with Gasteiger partial charge < -0.3 is 15.6 Å². The lowest BCUT2D eigenvalue weighted by Gasteiger charge is -2.39. The van der Waals surface area contributed by atoms with Gasteiger partial charge in [0.1, 0.15) is 6.10 Å². The van der Waals surface area contributed by atoms with E-state index in [0.717, 1.165) is 32.1 Å². The molecule has 0 radical (unpaired) electrons. The first-order valence-electron chi connectivity index (χ1n) is 13.0. The molecule has 2 heterocycles. The van der Waals surface area contributed by atoms with E-state index >= 15 is 0 Å². The highest BCUT2D eigenvalue weighted by atomic mass is 32.1. The summed E-state index contributed by atoms with van der Waals surface area (Å²) in [5.41, 5.74) is 7.33. The summed E-state index contributed by atoms with van der Waals surface area (Å²) in [6.45, 7) is 6.41. The zero-order chi connectivity index (χ0) is 25.5. The molecule has 5 rings (SSSR count). The standard InChI is InChI=1S/C30H37NO3S2/c1-19-8-10-20(11-9-19)12-15-24(29(2,3)31)23-18-21-13-14-22(23)27(21)34-28(32)30(33,25-6-4-16-35-25)26-7-5-17-36-26/h4-11,16-17,21-24,27,33H,12-15,18,31H2,1-3H3. The van der Waals surface area contributed by atoms with Crippen LogP contribution in [0.1, 0.15) is 60.4 Å². The fraction of sp³-hybridized carbons (Fsp3) is 0.500. The van der Waals surface area contributed by atoms with Crippen LogP contribution in [0, 0.1) is 30.6 Å². The fourth-order valence-electron chi connectivity index (χ4n) is 6.68. The highest BCUT2D eigenvalue weighted by molar-refractivity contribution is 7.12. The van der Waals surface area contributed by atoms with Gasteiger partial charge >= 0.3 is 5.97 Å². The lowest BCUT2D eigenvalue weighted by Crippen LogP contribution is -2.46. The maximum absolute atomic E-state index is 13.7. The summed E-state index contributed by atoms with van der Waals surface area (Å²) >= 11 is 2.77. The molecule has 2 aliphatic carbocycles. The summed E-state index contributed by atoms with van der Waals surface area (Å²) in [6, 6.07) is 16.1. The van der Waals surface area contributed by atoms with Crippen molar-refractivity contribution in [3.63, 3.8) is 0 Å². The van der Waals surface area contributed by atoms with Gasteiger partial charge in [-0.2, -0.15) is 0 Å². The third kappa shape index (κ3) is 4.81. The number of esters is 1. The molecule has 3 aromatic rings. The fourth-order valence-corrected chi connectivity index (χ4v) is 8.39. The van der Waals surface area contributed by atoms with E-state index in [2.05, 4.69) is 45.0 Å². The molecule has 5 atom stereocenters. The molecule has 2 fully saturated rings. The average Bonchev–Trinajstić information content (AvgIpc) is 3.65. The predicted octanol–water partition coefficient (Wildman–Crippen LogP) is 6.30. The summed E-state index contributed by atoms with van der Waals surface area (Å²) in [5.74, 6) is 0.843. The van der Waals surface area contributed by atoms with E-state index in [0.29, 0.717) is 33.4 Å². The summed E-state index contributed by atoms with van der Waals surface area (Å²) in [4.78, 5) is 14.9. The summed E-state index contributed by atoms with van der Waals surface area (Å²) in [7, 11) is 0. The molecule has 36 heavy (non-hydrogen) atoms. The smallest absolute Gasteiger partial charge is 0.349 e. The molecule has 2 aromatic heterocycles. The highest BCUT2D eigenvalue weighted by Gasteiger charge is 2.55. The zero-order valence-electron chi connectivity index (χ0n) is 21.4. The van der Waals surface area contributed by atoms with E-state index in [1.54, 1.807) is 0 Å². The van der Waals surface area contributed by atoms with E-state index in [9.17, 15) is 9.90 Å². The van der Waals surface area contributed by atoms with Crippen LogP contribution in [0.5, 0.6) is 0 Å². The normalized spacial score (nSPS) is 24.7. The Hall–Kier alpha value is -1.99. The Morgan fingerprint density at radius 3 is 2.28 bits per heavy atom. The summed E-state index contributed by atoms with van der Waals surface area (Å²) in [6.07, 6.45) is 5.04. The molecule has 3 N–H and O–H groups in total. The van der Waals surface area contributed by atoms with Crippen LogP contribution in [0.15, 0.2) is 59.3 Å². The molecular formula is C30H37NO3S2. The quantitative estimate of drug-likeness (QED) is 0.323. The number of hydrogen-bond donors (Lipinski definition) is 2. The Morgan fingerprint density at radius 2 is 1.72 bits per heavy atom. The van der Waals surface area contributed by atoms with Crippen molar-refractivity contribution in [1.29, 1.82) is 0 Å². The third-order valence-corrected chi connectivity index (χ3v) is 10.5. The molecular weight excluding hydrogens is 486 g/mol. The van der Waals surface area contributed by atoms with Crippen LogP contribution in [0.3, 0.4) is 0 Å². The van der Waals surface area contributed by atoms with Gasteiger partial charge in [-0.05, 0) is 105 Å². The Labute approximate surface area is 222 Å². The Balaban J connectivity index is 1.34. The second-order valence-electron chi connectivity index (χ2n) is 11.4. The van der Waals surface area contributed by atoms with Gasteiger partial charge in [-0.15, -0.1) is 22.7 Å². The molecule has 5 unspecified atom stereocenters. The van der Waals surface area contributed by atoms with Crippen LogP contribution in [0.4, 0.5) is 0 Å². The van der Waals surface area contributed by atoms with Crippen molar-refractivity contribution in [1.82, 2.24) is 0 Å². The first kappa shape index (κ1) is 25.7. The minimum Gasteiger partial charge on any atom is -0.459 e. The van der Waals surface area contributed by atoms with Crippen LogP contribution in [0.2, 0.25) is 0 Å². The van der Waals surface area contributed by atoms with E-state index in [-0.39, 0.29) is 11.6 Å². The predicted molar refractivity (Wildman–Crippen MR) is 147 cm³/mol. The number of carbonyl (C=O) groups excluding carboxylic acids is 1. The highest BCUT2D eigenvalue weighted by Crippen LogP contribution is 2.55. The van der Waals surface area contributed by atoms with Crippen LogP contribution in [0.25, 0.3) is 0 Å². The molecule has 6 heteroatoms. The number of nitrogens with two attached hydrogens (primary N) is 1. The van der Waals surface area contributed by atoms with Crippen molar-refractivity contribution in [2.75, 3.05) is 0 Å². The number of thiophene rings is 2. The number of aliphatic hydroxyl groups is 1. The van der Waals surface area contributed by atoms with Crippen molar-refractivity contribution >= 4 is 28.6 Å². The maximum atomic E-state index is 13.7. The third-order valence-electron chi connectivity index (χ3n) is 8.51. The van der Waals surface area contributed by atoms with Gasteiger partial charge in [0.15, 0.2) is 0 Å². The first-order chi connectivity index (χ1) is 17.2. The van der Waals surface area contributed by atoms with Crippen molar-refractivity contribution in [3.05, 3.63) is 80.2 Å². The number of carbonyl (C=O) groups is 1. The van der Waals surface area contributed by atoms with Gasteiger partial charge in [-0.1, -0.05) is 42.0 Å². The van der Waals surface area contributed by atoms with Crippen molar-refractivity contribution in [2.24, 2.45) is 29.4 Å². The lowest BCUT2D eigenvalue weighted by atomic mass is 9.69. The zero-order valence-corrected chi connectivity index (χ0v) is 23.0. The Morgan fingerprint density at radius 1 is 1.08 bits per heavy atom. The number of ether oxygens (including phenoxy) is 1. The number of benzene rings is 1. The molecule has 0 amide bonds. The minimum atomic E-state index is -1.75. The van der Waals surface area contributed by atoms with E-state index in [1.165, 1.54) is 33.8 Å². The number of rotatable bonds is 9. The van der Waals surface area contributed by atoms with Crippen LogP contribution < -0.4 is 5.73 Å². The second kappa shape index (κ2) is 10.1. The Bertz CT molecular complexity index is 1110. The number of fused-ring (bicyclic) bond motifs is 2. The summed E-state index contributed by atoms with van der Waals surface area (Å²) in [5, 5.41) is 15.5. The van der Waals surface area contributed by atoms with Gasteiger partial charge in [0.05, 0.1) is 9.75 Å². The van der Waals surface area contributed by atoms with E-state index < -0.39 is 11.6 Å². The van der Waals surface area contributed by atoms with Gasteiger partial charge in [0, 0.05) is 5.54 Å². The van der Waals surface area contributed by atoms with Crippen LogP contribution >= 0.6 is 22.7 Å². The number of hydrogen-bond acceptors (Lipinski definition) is 6. The van der Waals surface area contributed by atoms with Crippen LogP contribution in [-0.2, 0) is 21.6 Å². The van der Waals surface area contributed by atoms with Gasteiger partial charge in [-0.3, -0.25) is 0 Å². The van der Waals surface area contributed by atoms with Gasteiger partial charge in [0.2, 0.25) is 5.60 Å². The molecule has 2 aliphatic rings.